The summed E-state index contributed by atoms with van der Waals surface area (Å²) in [6.45, 7) is 1.54. The van der Waals surface area contributed by atoms with Crippen molar-refractivity contribution in [1.29, 1.82) is 0 Å². The van der Waals surface area contributed by atoms with Crippen molar-refractivity contribution in [1.82, 2.24) is 19.9 Å². The van der Waals surface area contributed by atoms with Gasteiger partial charge >= 0.3 is 0 Å². The first-order chi connectivity index (χ1) is 13.7. The fourth-order valence-corrected chi connectivity index (χ4v) is 5.44. The molecule has 1 saturated heterocycles. The molecule has 146 valence electrons. The van der Waals surface area contributed by atoms with Crippen LogP contribution in [0.4, 0.5) is 0 Å². The monoisotopic (exact) mass is 378 g/mol. The fourth-order valence-electron chi connectivity index (χ4n) is 5.44. The second kappa shape index (κ2) is 6.83. The molecule has 1 N–H and O–H groups in total. The van der Waals surface area contributed by atoms with Gasteiger partial charge in [-0.05, 0) is 50.7 Å². The number of carbonyl (C=O) groups is 1. The molecule has 0 bridgehead atoms. The van der Waals surface area contributed by atoms with E-state index in [1.54, 1.807) is 12.4 Å². The summed E-state index contributed by atoms with van der Waals surface area (Å²) in [6, 6.07) is 3.76. The zero-order valence-electron chi connectivity index (χ0n) is 16.1. The van der Waals surface area contributed by atoms with Crippen molar-refractivity contribution in [3.05, 3.63) is 46.1 Å². The number of hydrogen-bond donors (Lipinski definition) is 1. The van der Waals surface area contributed by atoms with Crippen LogP contribution < -0.4 is 5.56 Å². The van der Waals surface area contributed by atoms with Crippen molar-refractivity contribution < 1.29 is 4.79 Å². The molecule has 3 aliphatic rings. The molecule has 0 aromatic carbocycles. The molecule has 1 atom stereocenters. The lowest BCUT2D eigenvalue weighted by Crippen LogP contribution is -2.49. The summed E-state index contributed by atoms with van der Waals surface area (Å²) in [5, 5.41) is 0. The molecule has 3 heterocycles. The molecule has 28 heavy (non-hydrogen) atoms. The first-order valence-electron chi connectivity index (χ1n) is 10.5. The lowest BCUT2D eigenvalue weighted by molar-refractivity contribution is -0.137. The maximum absolute atomic E-state index is 13.0. The van der Waals surface area contributed by atoms with Gasteiger partial charge in [-0.3, -0.25) is 14.6 Å². The van der Waals surface area contributed by atoms with E-state index in [1.807, 2.05) is 12.1 Å². The summed E-state index contributed by atoms with van der Waals surface area (Å²) >= 11 is 0. The average molecular weight is 378 g/mol. The quantitative estimate of drug-likeness (QED) is 0.872. The highest BCUT2D eigenvalue weighted by Crippen LogP contribution is 2.44. The van der Waals surface area contributed by atoms with E-state index in [9.17, 15) is 9.59 Å². The number of nitrogens with zero attached hydrogens (tertiary/aromatic N) is 3. The van der Waals surface area contributed by atoms with Gasteiger partial charge in [0.1, 0.15) is 5.82 Å². The minimum absolute atomic E-state index is 0.0417. The van der Waals surface area contributed by atoms with Gasteiger partial charge in [-0.25, -0.2) is 4.98 Å². The minimum Gasteiger partial charge on any atom is -0.342 e. The Kier molecular flexibility index (Phi) is 4.29. The van der Waals surface area contributed by atoms with E-state index in [0.29, 0.717) is 18.3 Å². The smallest absolute Gasteiger partial charge is 0.254 e. The van der Waals surface area contributed by atoms with Gasteiger partial charge in [0.25, 0.3) is 5.56 Å². The lowest BCUT2D eigenvalue weighted by Gasteiger charge is -2.41. The Balaban J connectivity index is 1.50. The third-order valence-electron chi connectivity index (χ3n) is 6.90. The molecule has 1 unspecified atom stereocenters. The van der Waals surface area contributed by atoms with Crippen molar-refractivity contribution in [2.24, 2.45) is 5.92 Å². The largest absolute Gasteiger partial charge is 0.342 e. The molecular weight excluding hydrogens is 352 g/mol. The minimum atomic E-state index is -0.174. The van der Waals surface area contributed by atoms with Crippen molar-refractivity contribution in [3.8, 4) is 11.4 Å². The zero-order valence-corrected chi connectivity index (χ0v) is 16.1. The number of nitrogens with one attached hydrogen (secondary N) is 1. The molecule has 1 amide bonds. The van der Waals surface area contributed by atoms with Crippen LogP contribution in [0, 0.1) is 5.92 Å². The molecule has 5 rings (SSSR count). The maximum Gasteiger partial charge on any atom is 0.254 e. The first kappa shape index (κ1) is 17.6. The van der Waals surface area contributed by atoms with E-state index < -0.39 is 0 Å². The lowest BCUT2D eigenvalue weighted by atomic mass is 9.77. The summed E-state index contributed by atoms with van der Waals surface area (Å²) in [5.41, 5.74) is 2.33. The van der Waals surface area contributed by atoms with Crippen LogP contribution in [0.3, 0.4) is 0 Å². The van der Waals surface area contributed by atoms with E-state index in [0.717, 1.165) is 61.9 Å². The highest BCUT2D eigenvalue weighted by Gasteiger charge is 2.46. The Morgan fingerprint density at radius 3 is 2.86 bits per heavy atom. The Morgan fingerprint density at radius 2 is 2.07 bits per heavy atom. The van der Waals surface area contributed by atoms with Gasteiger partial charge in [0.15, 0.2) is 0 Å². The van der Waals surface area contributed by atoms with Crippen LogP contribution >= 0.6 is 0 Å². The molecule has 1 saturated carbocycles. The number of aromatic nitrogens is 3. The number of rotatable bonds is 2. The van der Waals surface area contributed by atoms with Crippen molar-refractivity contribution in [2.75, 3.05) is 13.1 Å². The van der Waals surface area contributed by atoms with Crippen LogP contribution in [-0.4, -0.2) is 38.8 Å². The molecule has 6 nitrogen and oxygen atoms in total. The van der Waals surface area contributed by atoms with Gasteiger partial charge in [0.05, 0.1) is 5.69 Å². The molecule has 1 spiro atoms. The molecule has 2 aromatic rings. The molecule has 2 aromatic heterocycles. The van der Waals surface area contributed by atoms with E-state index in [4.69, 9.17) is 4.98 Å². The van der Waals surface area contributed by atoms with Crippen LogP contribution in [0.1, 0.15) is 56.2 Å². The van der Waals surface area contributed by atoms with Gasteiger partial charge in [-0.2, -0.15) is 0 Å². The molecule has 2 aliphatic carbocycles. The third kappa shape index (κ3) is 2.86. The Labute approximate surface area is 164 Å². The maximum atomic E-state index is 13.0. The summed E-state index contributed by atoms with van der Waals surface area (Å²) in [5.74, 6) is 1.11. The predicted molar refractivity (Wildman–Crippen MR) is 106 cm³/mol. The van der Waals surface area contributed by atoms with Crippen LogP contribution in [-0.2, 0) is 16.6 Å². The molecule has 1 aliphatic heterocycles. The zero-order chi connectivity index (χ0) is 19.1. The number of likely N-dealkylation sites (tertiary alicyclic amines) is 1. The molecular formula is C22H26N4O2. The highest BCUT2D eigenvalue weighted by atomic mass is 16.2. The summed E-state index contributed by atoms with van der Waals surface area (Å²) < 4.78 is 0. The number of H-pyrrole nitrogens is 1. The van der Waals surface area contributed by atoms with Crippen LogP contribution in [0.5, 0.6) is 0 Å². The van der Waals surface area contributed by atoms with E-state index in [1.165, 1.54) is 12.8 Å². The Morgan fingerprint density at radius 1 is 1.21 bits per heavy atom. The number of carbonyl (C=O) groups excluding carboxylic acids is 1. The second-order valence-electron chi connectivity index (χ2n) is 8.61. The van der Waals surface area contributed by atoms with Gasteiger partial charge < -0.3 is 9.88 Å². The Bertz CT molecular complexity index is 949. The van der Waals surface area contributed by atoms with E-state index in [2.05, 4.69) is 14.9 Å². The second-order valence-corrected chi connectivity index (χ2v) is 8.61. The van der Waals surface area contributed by atoms with E-state index in [-0.39, 0.29) is 16.9 Å². The van der Waals surface area contributed by atoms with Crippen molar-refractivity contribution >= 4 is 5.91 Å². The summed E-state index contributed by atoms with van der Waals surface area (Å²) in [4.78, 5) is 39.9. The van der Waals surface area contributed by atoms with Gasteiger partial charge in [-0.1, -0.05) is 12.8 Å². The summed E-state index contributed by atoms with van der Waals surface area (Å²) in [7, 11) is 0. The van der Waals surface area contributed by atoms with Gasteiger partial charge in [0.2, 0.25) is 5.91 Å². The van der Waals surface area contributed by atoms with Crippen LogP contribution in [0.2, 0.25) is 0 Å². The highest BCUT2D eigenvalue weighted by molar-refractivity contribution is 5.79. The van der Waals surface area contributed by atoms with Crippen LogP contribution in [0.15, 0.2) is 29.3 Å². The number of fused-ring (bicyclic) bond motifs is 2. The van der Waals surface area contributed by atoms with Gasteiger partial charge in [0, 0.05) is 47.9 Å². The molecule has 0 radical (unpaired) electrons. The fraction of sp³-hybridized carbons (Fsp3) is 0.545. The Hall–Kier alpha value is -2.50. The topological polar surface area (TPSA) is 79.0 Å². The van der Waals surface area contributed by atoms with Crippen molar-refractivity contribution in [3.63, 3.8) is 0 Å². The normalized spacial score (nSPS) is 24.6. The molecule has 6 heteroatoms. The van der Waals surface area contributed by atoms with E-state index >= 15 is 0 Å². The number of piperidine rings is 1. The SMILES string of the molecule is O=C(C1CCCC1)N1CCCC2(CCc3c2nc(-c2cccnc2)[nH]c3=O)C1. The third-order valence-corrected chi connectivity index (χ3v) is 6.90. The standard InChI is InChI=1S/C22H26N4O2/c27-20-17-8-10-22(18(17)24-19(25-20)16-7-3-11-23-13-16)9-4-12-26(14-22)21(28)15-5-1-2-6-15/h3,7,11,13,15H,1-2,4-6,8-10,12,14H2,(H,24,25,27). The number of pyridine rings is 1. The van der Waals surface area contributed by atoms with Gasteiger partial charge in [-0.15, -0.1) is 0 Å². The summed E-state index contributed by atoms with van der Waals surface area (Å²) in [6.07, 6.45) is 11.5. The van der Waals surface area contributed by atoms with Crippen LogP contribution in [0.25, 0.3) is 11.4 Å². The predicted octanol–water partition coefficient (Wildman–Crippen LogP) is 2.83. The first-order valence-corrected chi connectivity index (χ1v) is 10.5. The molecule has 2 fully saturated rings. The number of amides is 1. The number of hydrogen-bond acceptors (Lipinski definition) is 4. The van der Waals surface area contributed by atoms with Crippen molar-refractivity contribution in [2.45, 2.75) is 56.8 Å². The average Bonchev–Trinajstić information content (AvgIpc) is 3.38. The number of aromatic amines is 1.